The summed E-state index contributed by atoms with van der Waals surface area (Å²) >= 11 is 5.87. The summed E-state index contributed by atoms with van der Waals surface area (Å²) in [5.41, 5.74) is 7.12. The van der Waals surface area contributed by atoms with Crippen molar-refractivity contribution in [3.05, 3.63) is 34.9 Å². The highest BCUT2D eigenvalue weighted by molar-refractivity contribution is 6.30. The SMILES string of the molecule is CC(Cc1ccc(Cl)cc1)NC(=O)C1CCCC(N)C1. The maximum absolute atomic E-state index is 12.2. The molecular weight excluding hydrogens is 272 g/mol. The van der Waals surface area contributed by atoms with Gasteiger partial charge >= 0.3 is 0 Å². The number of rotatable bonds is 4. The van der Waals surface area contributed by atoms with Crippen LogP contribution in [0, 0.1) is 5.92 Å². The predicted molar refractivity (Wildman–Crippen MR) is 82.7 cm³/mol. The number of halogens is 1. The summed E-state index contributed by atoms with van der Waals surface area (Å²) in [4.78, 5) is 12.2. The van der Waals surface area contributed by atoms with Gasteiger partial charge in [-0.1, -0.05) is 30.2 Å². The van der Waals surface area contributed by atoms with Gasteiger partial charge in [-0.2, -0.15) is 0 Å². The van der Waals surface area contributed by atoms with E-state index in [0.29, 0.717) is 0 Å². The molecule has 110 valence electrons. The average Bonchev–Trinajstić information content (AvgIpc) is 2.41. The molecule has 0 aromatic heterocycles. The largest absolute Gasteiger partial charge is 0.353 e. The van der Waals surface area contributed by atoms with Gasteiger partial charge in [-0.05, 0) is 50.3 Å². The molecule has 3 unspecified atom stereocenters. The number of nitrogens with two attached hydrogens (primary N) is 1. The van der Waals surface area contributed by atoms with Crippen molar-refractivity contribution in [2.75, 3.05) is 0 Å². The van der Waals surface area contributed by atoms with Crippen LogP contribution in [-0.4, -0.2) is 18.0 Å². The van der Waals surface area contributed by atoms with Crippen LogP contribution in [0.3, 0.4) is 0 Å². The Hall–Kier alpha value is -1.06. The summed E-state index contributed by atoms with van der Waals surface area (Å²) in [6, 6.07) is 8.08. The fourth-order valence-electron chi connectivity index (χ4n) is 2.85. The molecule has 1 aliphatic carbocycles. The fraction of sp³-hybridized carbons (Fsp3) is 0.562. The standard InChI is InChI=1S/C16H23ClN2O/c1-11(9-12-5-7-14(17)8-6-12)19-16(20)13-3-2-4-15(18)10-13/h5-8,11,13,15H,2-4,9-10,18H2,1H3,(H,19,20). The zero-order valence-electron chi connectivity index (χ0n) is 11.9. The number of carbonyl (C=O) groups is 1. The van der Waals surface area contributed by atoms with Crippen molar-refractivity contribution in [2.45, 2.75) is 51.1 Å². The molecule has 1 aromatic carbocycles. The molecule has 0 radical (unpaired) electrons. The van der Waals surface area contributed by atoms with Crippen LogP contribution in [0.5, 0.6) is 0 Å². The molecule has 1 aromatic rings. The third-order valence-electron chi connectivity index (χ3n) is 3.93. The molecule has 1 saturated carbocycles. The summed E-state index contributed by atoms with van der Waals surface area (Å²) in [5, 5.41) is 3.84. The van der Waals surface area contributed by atoms with Gasteiger partial charge in [-0.25, -0.2) is 0 Å². The monoisotopic (exact) mass is 294 g/mol. The van der Waals surface area contributed by atoms with E-state index in [-0.39, 0.29) is 23.9 Å². The van der Waals surface area contributed by atoms with Gasteiger partial charge in [-0.3, -0.25) is 4.79 Å². The van der Waals surface area contributed by atoms with E-state index in [1.165, 1.54) is 5.56 Å². The minimum atomic E-state index is 0.0893. The molecular formula is C16H23ClN2O. The van der Waals surface area contributed by atoms with Gasteiger partial charge in [0.2, 0.25) is 5.91 Å². The van der Waals surface area contributed by atoms with Crippen molar-refractivity contribution >= 4 is 17.5 Å². The zero-order chi connectivity index (χ0) is 14.5. The van der Waals surface area contributed by atoms with Crippen molar-refractivity contribution in [3.63, 3.8) is 0 Å². The lowest BCUT2D eigenvalue weighted by Crippen LogP contribution is -2.42. The second-order valence-electron chi connectivity index (χ2n) is 5.86. The van der Waals surface area contributed by atoms with Crippen LogP contribution in [0.2, 0.25) is 5.02 Å². The third-order valence-corrected chi connectivity index (χ3v) is 4.18. The molecule has 3 N–H and O–H groups in total. The summed E-state index contributed by atoms with van der Waals surface area (Å²) in [6.07, 6.45) is 4.71. The first-order valence-electron chi connectivity index (χ1n) is 7.35. The molecule has 1 aliphatic rings. The van der Waals surface area contributed by atoms with Crippen molar-refractivity contribution in [1.29, 1.82) is 0 Å². The molecule has 0 bridgehead atoms. The number of hydrogen-bond acceptors (Lipinski definition) is 2. The first-order chi connectivity index (χ1) is 9.54. The van der Waals surface area contributed by atoms with Crippen molar-refractivity contribution in [3.8, 4) is 0 Å². The maximum Gasteiger partial charge on any atom is 0.223 e. The molecule has 3 atom stereocenters. The molecule has 1 amide bonds. The molecule has 1 fully saturated rings. The molecule has 0 aliphatic heterocycles. The Balaban J connectivity index is 1.82. The van der Waals surface area contributed by atoms with Crippen LogP contribution in [-0.2, 0) is 11.2 Å². The first-order valence-corrected chi connectivity index (χ1v) is 7.73. The zero-order valence-corrected chi connectivity index (χ0v) is 12.7. The quantitative estimate of drug-likeness (QED) is 0.897. The van der Waals surface area contributed by atoms with E-state index in [0.717, 1.165) is 37.1 Å². The van der Waals surface area contributed by atoms with Crippen LogP contribution >= 0.6 is 11.6 Å². The lowest BCUT2D eigenvalue weighted by atomic mass is 9.85. The summed E-state index contributed by atoms with van der Waals surface area (Å²) in [7, 11) is 0. The Morgan fingerprint density at radius 3 is 2.75 bits per heavy atom. The molecule has 2 rings (SSSR count). The average molecular weight is 295 g/mol. The van der Waals surface area contributed by atoms with Crippen LogP contribution in [0.15, 0.2) is 24.3 Å². The second-order valence-corrected chi connectivity index (χ2v) is 6.30. The Bertz CT molecular complexity index is 446. The van der Waals surface area contributed by atoms with Crippen LogP contribution in [0.25, 0.3) is 0 Å². The third kappa shape index (κ3) is 4.50. The van der Waals surface area contributed by atoms with E-state index in [1.54, 1.807) is 0 Å². The van der Waals surface area contributed by atoms with Gasteiger partial charge in [-0.15, -0.1) is 0 Å². The highest BCUT2D eigenvalue weighted by Crippen LogP contribution is 2.23. The topological polar surface area (TPSA) is 55.1 Å². The number of nitrogens with one attached hydrogen (secondary N) is 1. The maximum atomic E-state index is 12.2. The molecule has 20 heavy (non-hydrogen) atoms. The van der Waals surface area contributed by atoms with Crippen LogP contribution < -0.4 is 11.1 Å². The molecule has 0 saturated heterocycles. The highest BCUT2D eigenvalue weighted by atomic mass is 35.5. The molecule has 0 heterocycles. The van der Waals surface area contributed by atoms with E-state index in [9.17, 15) is 4.79 Å². The minimum absolute atomic E-state index is 0.0893. The van der Waals surface area contributed by atoms with Crippen LogP contribution in [0.1, 0.15) is 38.2 Å². The molecule has 0 spiro atoms. The lowest BCUT2D eigenvalue weighted by Gasteiger charge is -2.27. The molecule has 3 nitrogen and oxygen atoms in total. The number of amides is 1. The van der Waals surface area contributed by atoms with Gasteiger partial charge in [0.25, 0.3) is 0 Å². The van der Waals surface area contributed by atoms with Gasteiger partial charge in [0, 0.05) is 23.0 Å². The van der Waals surface area contributed by atoms with Gasteiger partial charge in [0.1, 0.15) is 0 Å². The minimum Gasteiger partial charge on any atom is -0.353 e. The van der Waals surface area contributed by atoms with E-state index < -0.39 is 0 Å². The number of carbonyl (C=O) groups excluding carboxylic acids is 1. The van der Waals surface area contributed by atoms with Gasteiger partial charge < -0.3 is 11.1 Å². The Labute approximate surface area is 125 Å². The number of benzene rings is 1. The summed E-state index contributed by atoms with van der Waals surface area (Å²) in [6.45, 7) is 2.04. The van der Waals surface area contributed by atoms with Gasteiger partial charge in [0.15, 0.2) is 0 Å². The summed E-state index contributed by atoms with van der Waals surface area (Å²) in [5.74, 6) is 0.244. The Morgan fingerprint density at radius 2 is 2.10 bits per heavy atom. The van der Waals surface area contributed by atoms with E-state index in [2.05, 4.69) is 5.32 Å². The highest BCUT2D eigenvalue weighted by Gasteiger charge is 2.25. The fourth-order valence-corrected chi connectivity index (χ4v) is 2.98. The Morgan fingerprint density at radius 1 is 1.40 bits per heavy atom. The van der Waals surface area contributed by atoms with Crippen molar-refractivity contribution in [1.82, 2.24) is 5.32 Å². The predicted octanol–water partition coefficient (Wildman–Crippen LogP) is 2.90. The number of hydrogen-bond donors (Lipinski definition) is 2. The van der Waals surface area contributed by atoms with E-state index >= 15 is 0 Å². The van der Waals surface area contributed by atoms with E-state index in [1.807, 2.05) is 31.2 Å². The Kier molecular flexibility index (Phi) is 5.44. The van der Waals surface area contributed by atoms with Crippen molar-refractivity contribution < 1.29 is 4.79 Å². The van der Waals surface area contributed by atoms with Crippen molar-refractivity contribution in [2.24, 2.45) is 11.7 Å². The van der Waals surface area contributed by atoms with Crippen LogP contribution in [0.4, 0.5) is 0 Å². The van der Waals surface area contributed by atoms with E-state index in [4.69, 9.17) is 17.3 Å². The smallest absolute Gasteiger partial charge is 0.223 e. The second kappa shape index (κ2) is 7.09. The normalized spacial score (nSPS) is 24.1. The molecule has 4 heteroatoms. The first kappa shape index (κ1) is 15.3. The summed E-state index contributed by atoms with van der Waals surface area (Å²) < 4.78 is 0. The lowest BCUT2D eigenvalue weighted by molar-refractivity contribution is -0.126. The van der Waals surface area contributed by atoms with Gasteiger partial charge in [0.05, 0.1) is 0 Å².